The Balaban J connectivity index is 1.90. The summed E-state index contributed by atoms with van der Waals surface area (Å²) in [6, 6.07) is 16.0. The number of hydrogen-bond acceptors (Lipinski definition) is 3. The number of halogens is 1. The van der Waals surface area contributed by atoms with Crippen LogP contribution in [-0.4, -0.2) is 19.2 Å². The summed E-state index contributed by atoms with van der Waals surface area (Å²) < 4.78 is 11.4. The zero-order valence-electron chi connectivity index (χ0n) is 11.8. The van der Waals surface area contributed by atoms with Gasteiger partial charge >= 0.3 is 5.97 Å². The lowest BCUT2D eigenvalue weighted by Crippen LogP contribution is -2.09. The summed E-state index contributed by atoms with van der Waals surface area (Å²) in [4.78, 5) is 11.2. The van der Waals surface area contributed by atoms with E-state index in [1.54, 1.807) is 6.92 Å². The molecule has 0 radical (unpaired) electrons. The van der Waals surface area contributed by atoms with Crippen LogP contribution in [0.4, 0.5) is 0 Å². The Kier molecular flexibility index (Phi) is 5.81. The van der Waals surface area contributed by atoms with E-state index in [1.807, 2.05) is 36.4 Å². The van der Waals surface area contributed by atoms with Crippen molar-refractivity contribution in [3.8, 4) is 16.9 Å². The molecule has 0 spiro atoms. The van der Waals surface area contributed by atoms with Crippen molar-refractivity contribution in [2.45, 2.75) is 13.3 Å². The SMILES string of the molecule is CCOC(=O)CCOc1ccc(-c2ccc(Br)cc2)cc1. The Bertz CT molecular complexity index is 576. The molecule has 3 nitrogen and oxygen atoms in total. The van der Waals surface area contributed by atoms with Crippen LogP contribution in [0.2, 0.25) is 0 Å². The Morgan fingerprint density at radius 2 is 1.57 bits per heavy atom. The highest BCUT2D eigenvalue weighted by Gasteiger charge is 2.03. The minimum Gasteiger partial charge on any atom is -0.493 e. The van der Waals surface area contributed by atoms with Gasteiger partial charge in [-0.2, -0.15) is 0 Å². The highest BCUT2D eigenvalue weighted by molar-refractivity contribution is 9.10. The largest absolute Gasteiger partial charge is 0.493 e. The van der Waals surface area contributed by atoms with Gasteiger partial charge in [0.2, 0.25) is 0 Å². The topological polar surface area (TPSA) is 35.5 Å². The molecule has 110 valence electrons. The van der Waals surface area contributed by atoms with Gasteiger partial charge < -0.3 is 9.47 Å². The fraction of sp³-hybridized carbons (Fsp3) is 0.235. The van der Waals surface area contributed by atoms with E-state index in [1.165, 1.54) is 0 Å². The first-order valence-corrected chi connectivity index (χ1v) is 7.63. The molecule has 0 amide bonds. The van der Waals surface area contributed by atoms with Gasteiger partial charge in [-0.3, -0.25) is 4.79 Å². The van der Waals surface area contributed by atoms with Gasteiger partial charge in [0.15, 0.2) is 0 Å². The summed E-state index contributed by atoms with van der Waals surface area (Å²) in [7, 11) is 0. The van der Waals surface area contributed by atoms with E-state index in [-0.39, 0.29) is 12.4 Å². The lowest BCUT2D eigenvalue weighted by atomic mass is 10.1. The zero-order chi connectivity index (χ0) is 15.1. The van der Waals surface area contributed by atoms with Gasteiger partial charge in [0.1, 0.15) is 5.75 Å². The van der Waals surface area contributed by atoms with Gasteiger partial charge in [0, 0.05) is 4.47 Å². The average molecular weight is 349 g/mol. The van der Waals surface area contributed by atoms with Crippen molar-refractivity contribution in [2.75, 3.05) is 13.2 Å². The molecule has 21 heavy (non-hydrogen) atoms. The first-order chi connectivity index (χ1) is 10.2. The smallest absolute Gasteiger partial charge is 0.309 e. The van der Waals surface area contributed by atoms with E-state index >= 15 is 0 Å². The number of rotatable bonds is 6. The third-order valence-corrected chi connectivity index (χ3v) is 3.44. The molecule has 0 saturated carbocycles. The Morgan fingerprint density at radius 3 is 2.14 bits per heavy atom. The maximum atomic E-state index is 11.2. The highest BCUT2D eigenvalue weighted by atomic mass is 79.9. The van der Waals surface area contributed by atoms with Crippen LogP contribution in [0.1, 0.15) is 13.3 Å². The summed E-state index contributed by atoms with van der Waals surface area (Å²) in [6.07, 6.45) is 0.266. The normalized spacial score (nSPS) is 10.2. The Morgan fingerprint density at radius 1 is 1.00 bits per heavy atom. The van der Waals surface area contributed by atoms with E-state index < -0.39 is 0 Å². The van der Waals surface area contributed by atoms with Crippen LogP contribution in [0.3, 0.4) is 0 Å². The minimum atomic E-state index is -0.232. The number of carbonyl (C=O) groups excluding carboxylic acids is 1. The molecule has 2 aromatic carbocycles. The predicted octanol–water partition coefficient (Wildman–Crippen LogP) is 4.45. The van der Waals surface area contributed by atoms with Crippen molar-refractivity contribution < 1.29 is 14.3 Å². The molecule has 0 aliphatic carbocycles. The van der Waals surface area contributed by atoms with Crippen molar-refractivity contribution in [3.63, 3.8) is 0 Å². The maximum Gasteiger partial charge on any atom is 0.309 e. The Hall–Kier alpha value is -1.81. The lowest BCUT2D eigenvalue weighted by Gasteiger charge is -2.07. The van der Waals surface area contributed by atoms with Gasteiger partial charge in [0.25, 0.3) is 0 Å². The third kappa shape index (κ3) is 4.90. The molecule has 0 bridgehead atoms. The summed E-state index contributed by atoms with van der Waals surface area (Å²) in [5.74, 6) is 0.518. The molecule has 0 atom stereocenters. The second-order valence-electron chi connectivity index (χ2n) is 4.43. The van der Waals surface area contributed by atoms with Crippen molar-refractivity contribution in [1.29, 1.82) is 0 Å². The third-order valence-electron chi connectivity index (χ3n) is 2.91. The summed E-state index contributed by atoms with van der Waals surface area (Å²) in [6.45, 7) is 2.52. The van der Waals surface area contributed by atoms with Crippen molar-refractivity contribution in [2.24, 2.45) is 0 Å². The summed E-state index contributed by atoms with van der Waals surface area (Å²) in [5.41, 5.74) is 2.27. The molecular weight excluding hydrogens is 332 g/mol. The van der Waals surface area contributed by atoms with Crippen LogP contribution in [0.25, 0.3) is 11.1 Å². The van der Waals surface area contributed by atoms with Crippen molar-refractivity contribution in [1.82, 2.24) is 0 Å². The molecule has 0 N–H and O–H groups in total. The van der Waals surface area contributed by atoms with E-state index in [0.717, 1.165) is 21.3 Å². The molecule has 0 unspecified atom stereocenters. The predicted molar refractivity (Wildman–Crippen MR) is 86.3 cm³/mol. The van der Waals surface area contributed by atoms with E-state index in [0.29, 0.717) is 13.2 Å². The molecule has 0 saturated heterocycles. The quantitative estimate of drug-likeness (QED) is 0.723. The lowest BCUT2D eigenvalue weighted by molar-refractivity contribution is -0.143. The van der Waals surface area contributed by atoms with E-state index in [9.17, 15) is 4.79 Å². The molecule has 2 aromatic rings. The molecule has 0 aliphatic heterocycles. The maximum absolute atomic E-state index is 11.2. The van der Waals surface area contributed by atoms with E-state index in [2.05, 4.69) is 28.1 Å². The monoisotopic (exact) mass is 348 g/mol. The standard InChI is InChI=1S/C17H17BrO3/c1-2-20-17(19)11-12-21-16-9-5-14(6-10-16)13-3-7-15(18)8-4-13/h3-10H,2,11-12H2,1H3. The van der Waals surface area contributed by atoms with Gasteiger partial charge in [-0.25, -0.2) is 0 Å². The number of hydrogen-bond donors (Lipinski definition) is 0. The van der Waals surface area contributed by atoms with Crippen molar-refractivity contribution >= 4 is 21.9 Å². The second kappa shape index (κ2) is 7.84. The summed E-state index contributed by atoms with van der Waals surface area (Å²) >= 11 is 3.42. The molecule has 0 heterocycles. The van der Waals surface area contributed by atoms with Gasteiger partial charge in [-0.15, -0.1) is 0 Å². The second-order valence-corrected chi connectivity index (χ2v) is 5.35. The number of benzene rings is 2. The van der Waals surface area contributed by atoms with Gasteiger partial charge in [0.05, 0.1) is 19.6 Å². The van der Waals surface area contributed by atoms with Crippen LogP contribution >= 0.6 is 15.9 Å². The molecule has 4 heteroatoms. The van der Waals surface area contributed by atoms with E-state index in [4.69, 9.17) is 9.47 Å². The van der Waals surface area contributed by atoms with Crippen LogP contribution in [-0.2, 0) is 9.53 Å². The summed E-state index contributed by atoms with van der Waals surface area (Å²) in [5, 5.41) is 0. The fourth-order valence-electron chi connectivity index (χ4n) is 1.87. The fourth-order valence-corrected chi connectivity index (χ4v) is 2.14. The van der Waals surface area contributed by atoms with Crippen molar-refractivity contribution in [3.05, 3.63) is 53.0 Å². The van der Waals surface area contributed by atoms with Gasteiger partial charge in [-0.05, 0) is 42.3 Å². The number of esters is 1. The van der Waals surface area contributed by atoms with Crippen LogP contribution in [0.5, 0.6) is 5.75 Å². The highest BCUT2D eigenvalue weighted by Crippen LogP contribution is 2.24. The molecule has 0 aromatic heterocycles. The van der Waals surface area contributed by atoms with Crippen LogP contribution in [0.15, 0.2) is 53.0 Å². The minimum absolute atomic E-state index is 0.232. The molecule has 0 fully saturated rings. The molecular formula is C17H17BrO3. The number of carbonyl (C=O) groups is 1. The first-order valence-electron chi connectivity index (χ1n) is 6.83. The number of ether oxygens (including phenoxy) is 2. The molecule has 2 rings (SSSR count). The molecule has 0 aliphatic rings. The first kappa shape index (κ1) is 15.6. The van der Waals surface area contributed by atoms with Crippen LogP contribution in [0, 0.1) is 0 Å². The zero-order valence-corrected chi connectivity index (χ0v) is 13.4. The Labute approximate surface area is 133 Å². The van der Waals surface area contributed by atoms with Gasteiger partial charge in [-0.1, -0.05) is 40.2 Å². The average Bonchev–Trinajstić information content (AvgIpc) is 2.49. The van der Waals surface area contributed by atoms with Crippen LogP contribution < -0.4 is 4.74 Å².